The summed E-state index contributed by atoms with van der Waals surface area (Å²) in [6.07, 6.45) is 7.16. The van der Waals surface area contributed by atoms with E-state index in [0.29, 0.717) is 6.54 Å². The standard InChI is InChI=1S/C25H29N3O/c1-3-24(21-15-14-19-10-8-9-11-20(19)16-21)27-25(29)22(17-26)18-28(4-2)23-12-6-5-7-13-23/h5-7,12-16,18,24H,3-4,8-11H2,1-2H3,(H,27,29)/b22-18-. The van der Waals surface area contributed by atoms with E-state index in [1.165, 1.54) is 24.0 Å². The van der Waals surface area contributed by atoms with E-state index in [1.54, 1.807) is 6.20 Å². The highest BCUT2D eigenvalue weighted by Crippen LogP contribution is 2.26. The van der Waals surface area contributed by atoms with Gasteiger partial charge in [0.25, 0.3) is 5.91 Å². The van der Waals surface area contributed by atoms with Crippen LogP contribution in [-0.4, -0.2) is 12.5 Å². The molecule has 1 amide bonds. The summed E-state index contributed by atoms with van der Waals surface area (Å²) in [7, 11) is 0. The molecule has 0 saturated heterocycles. The monoisotopic (exact) mass is 387 g/mol. The molecule has 4 heteroatoms. The van der Waals surface area contributed by atoms with E-state index in [1.807, 2.05) is 42.2 Å². The third-order valence-electron chi connectivity index (χ3n) is 5.57. The Morgan fingerprint density at radius 2 is 1.86 bits per heavy atom. The molecule has 150 valence electrons. The summed E-state index contributed by atoms with van der Waals surface area (Å²) in [4.78, 5) is 14.8. The third kappa shape index (κ3) is 5.06. The first kappa shape index (κ1) is 20.7. The van der Waals surface area contributed by atoms with Crippen LogP contribution in [0.1, 0.15) is 55.8 Å². The highest BCUT2D eigenvalue weighted by atomic mass is 16.1. The predicted molar refractivity (Wildman–Crippen MR) is 117 cm³/mol. The van der Waals surface area contributed by atoms with Gasteiger partial charge in [0.2, 0.25) is 0 Å². The highest BCUT2D eigenvalue weighted by molar-refractivity contribution is 5.97. The maximum absolute atomic E-state index is 12.9. The van der Waals surface area contributed by atoms with Crippen LogP contribution in [0.4, 0.5) is 5.69 Å². The molecule has 1 aliphatic rings. The van der Waals surface area contributed by atoms with Crippen molar-refractivity contribution >= 4 is 11.6 Å². The number of fused-ring (bicyclic) bond motifs is 1. The van der Waals surface area contributed by atoms with E-state index in [2.05, 4.69) is 36.5 Å². The van der Waals surface area contributed by atoms with Gasteiger partial charge in [0.1, 0.15) is 11.6 Å². The molecule has 0 aromatic heterocycles. The summed E-state index contributed by atoms with van der Waals surface area (Å²) in [5.74, 6) is -0.327. The molecule has 0 saturated carbocycles. The van der Waals surface area contributed by atoms with Crippen LogP contribution >= 0.6 is 0 Å². The van der Waals surface area contributed by atoms with Crippen LogP contribution in [0.25, 0.3) is 0 Å². The van der Waals surface area contributed by atoms with Crippen LogP contribution < -0.4 is 10.2 Å². The van der Waals surface area contributed by atoms with Gasteiger partial charge in [-0.05, 0) is 67.9 Å². The number of nitrogens with zero attached hydrogens (tertiary/aromatic N) is 2. The largest absolute Gasteiger partial charge is 0.347 e. The molecule has 1 aliphatic carbocycles. The number of benzene rings is 2. The van der Waals surface area contributed by atoms with Crippen molar-refractivity contribution in [1.29, 1.82) is 5.26 Å². The SMILES string of the molecule is CCC(NC(=O)/C(C#N)=C\N(CC)c1ccccc1)c1ccc2c(c1)CCCC2. The van der Waals surface area contributed by atoms with Gasteiger partial charge in [-0.2, -0.15) is 5.26 Å². The maximum atomic E-state index is 12.9. The molecule has 1 atom stereocenters. The van der Waals surface area contributed by atoms with Gasteiger partial charge in [-0.1, -0.05) is 43.3 Å². The normalized spacial score (nSPS) is 14.4. The number of anilines is 1. The van der Waals surface area contributed by atoms with Crippen molar-refractivity contribution in [1.82, 2.24) is 5.32 Å². The Morgan fingerprint density at radius 3 is 2.52 bits per heavy atom. The van der Waals surface area contributed by atoms with E-state index in [0.717, 1.165) is 30.5 Å². The minimum absolute atomic E-state index is 0.0988. The molecule has 29 heavy (non-hydrogen) atoms. The van der Waals surface area contributed by atoms with Crippen molar-refractivity contribution < 1.29 is 4.79 Å². The lowest BCUT2D eigenvalue weighted by Crippen LogP contribution is -2.30. The number of carbonyl (C=O) groups excluding carboxylic acids is 1. The number of nitriles is 1. The topological polar surface area (TPSA) is 56.1 Å². The van der Waals surface area contributed by atoms with Crippen molar-refractivity contribution in [2.45, 2.75) is 52.0 Å². The summed E-state index contributed by atoms with van der Waals surface area (Å²) in [5, 5.41) is 12.7. The minimum atomic E-state index is -0.327. The van der Waals surface area contributed by atoms with Gasteiger partial charge in [-0.15, -0.1) is 0 Å². The quantitative estimate of drug-likeness (QED) is 0.533. The van der Waals surface area contributed by atoms with Gasteiger partial charge < -0.3 is 10.2 Å². The fraction of sp³-hybridized carbons (Fsp3) is 0.360. The molecule has 2 aromatic carbocycles. The van der Waals surface area contributed by atoms with Crippen LogP contribution in [0.3, 0.4) is 0 Å². The van der Waals surface area contributed by atoms with Crippen molar-refractivity contribution in [2.24, 2.45) is 0 Å². The number of amides is 1. The predicted octanol–water partition coefficient (Wildman–Crippen LogP) is 5.07. The second-order valence-electron chi connectivity index (χ2n) is 7.45. The molecular formula is C25H29N3O. The Kier molecular flexibility index (Phi) is 7.08. The molecule has 0 fully saturated rings. The van der Waals surface area contributed by atoms with Crippen LogP contribution in [-0.2, 0) is 17.6 Å². The number of hydrogen-bond donors (Lipinski definition) is 1. The van der Waals surface area contributed by atoms with Crippen LogP contribution in [0.15, 0.2) is 60.3 Å². The van der Waals surface area contributed by atoms with E-state index in [-0.39, 0.29) is 17.5 Å². The average Bonchev–Trinajstić information content (AvgIpc) is 2.78. The molecular weight excluding hydrogens is 358 g/mol. The molecule has 0 bridgehead atoms. The zero-order valence-corrected chi connectivity index (χ0v) is 17.3. The van der Waals surface area contributed by atoms with Crippen LogP contribution in [0, 0.1) is 11.3 Å². The Bertz CT molecular complexity index is 911. The van der Waals surface area contributed by atoms with Crippen molar-refractivity contribution in [3.05, 3.63) is 77.0 Å². The summed E-state index contributed by atoms with van der Waals surface area (Å²) in [5.41, 5.74) is 5.03. The van der Waals surface area contributed by atoms with E-state index < -0.39 is 0 Å². The zero-order chi connectivity index (χ0) is 20.6. The third-order valence-corrected chi connectivity index (χ3v) is 5.57. The van der Waals surface area contributed by atoms with Gasteiger partial charge in [-0.25, -0.2) is 0 Å². The number of aryl methyl sites for hydroxylation is 2. The number of nitrogens with one attached hydrogen (secondary N) is 1. The first-order valence-corrected chi connectivity index (χ1v) is 10.5. The first-order chi connectivity index (χ1) is 14.2. The number of para-hydroxylation sites is 1. The lowest BCUT2D eigenvalue weighted by Gasteiger charge is -2.22. The summed E-state index contributed by atoms with van der Waals surface area (Å²) < 4.78 is 0. The minimum Gasteiger partial charge on any atom is -0.347 e. The zero-order valence-electron chi connectivity index (χ0n) is 17.3. The smallest absolute Gasteiger partial charge is 0.263 e. The number of hydrogen-bond acceptors (Lipinski definition) is 3. The van der Waals surface area contributed by atoms with Crippen LogP contribution in [0.2, 0.25) is 0 Å². The summed E-state index contributed by atoms with van der Waals surface area (Å²) in [6, 6.07) is 18.3. The van der Waals surface area contributed by atoms with Crippen molar-refractivity contribution in [2.75, 3.05) is 11.4 Å². The molecule has 1 N–H and O–H groups in total. The molecule has 0 spiro atoms. The molecule has 0 radical (unpaired) electrons. The second kappa shape index (κ2) is 9.93. The molecule has 0 heterocycles. The molecule has 1 unspecified atom stereocenters. The van der Waals surface area contributed by atoms with Gasteiger partial charge in [0.15, 0.2) is 0 Å². The van der Waals surface area contributed by atoms with E-state index in [9.17, 15) is 10.1 Å². The Hall–Kier alpha value is -3.06. The summed E-state index contributed by atoms with van der Waals surface area (Å²) >= 11 is 0. The van der Waals surface area contributed by atoms with E-state index in [4.69, 9.17) is 0 Å². The second-order valence-corrected chi connectivity index (χ2v) is 7.45. The average molecular weight is 388 g/mol. The van der Waals surface area contributed by atoms with Gasteiger partial charge in [0, 0.05) is 18.4 Å². The molecule has 0 aliphatic heterocycles. The van der Waals surface area contributed by atoms with Crippen molar-refractivity contribution in [3.63, 3.8) is 0 Å². The molecule has 3 rings (SSSR count). The fourth-order valence-electron chi connectivity index (χ4n) is 3.89. The van der Waals surface area contributed by atoms with Gasteiger partial charge >= 0.3 is 0 Å². The Labute approximate surface area is 173 Å². The maximum Gasteiger partial charge on any atom is 0.263 e. The van der Waals surface area contributed by atoms with Crippen LogP contribution in [0.5, 0.6) is 0 Å². The Balaban J connectivity index is 1.78. The van der Waals surface area contributed by atoms with E-state index >= 15 is 0 Å². The molecule has 4 nitrogen and oxygen atoms in total. The van der Waals surface area contributed by atoms with Gasteiger partial charge in [0.05, 0.1) is 6.04 Å². The molecule has 2 aromatic rings. The van der Waals surface area contributed by atoms with Gasteiger partial charge in [-0.3, -0.25) is 4.79 Å². The summed E-state index contributed by atoms with van der Waals surface area (Å²) in [6.45, 7) is 4.73. The lowest BCUT2D eigenvalue weighted by molar-refractivity contribution is -0.117. The number of rotatable bonds is 7. The Morgan fingerprint density at radius 1 is 1.14 bits per heavy atom. The number of carbonyl (C=O) groups is 1. The highest BCUT2D eigenvalue weighted by Gasteiger charge is 2.19. The lowest BCUT2D eigenvalue weighted by atomic mass is 9.88. The van der Waals surface area contributed by atoms with Crippen molar-refractivity contribution in [3.8, 4) is 6.07 Å². The first-order valence-electron chi connectivity index (χ1n) is 10.5. The fourth-order valence-corrected chi connectivity index (χ4v) is 3.89.